The van der Waals surface area contributed by atoms with Crippen LogP contribution < -0.4 is 15.5 Å². The highest BCUT2D eigenvalue weighted by atomic mass is 35.5. The molecule has 27 heavy (non-hydrogen) atoms. The number of halogens is 2. The van der Waals surface area contributed by atoms with E-state index in [4.69, 9.17) is 16.3 Å². The molecule has 1 aromatic heterocycles. The summed E-state index contributed by atoms with van der Waals surface area (Å²) < 4.78 is 18.4. The van der Waals surface area contributed by atoms with Gasteiger partial charge < -0.3 is 20.3 Å². The van der Waals surface area contributed by atoms with Gasteiger partial charge in [0.1, 0.15) is 23.3 Å². The van der Waals surface area contributed by atoms with Crippen LogP contribution >= 0.6 is 11.6 Å². The minimum atomic E-state index is -0.478. The lowest BCUT2D eigenvalue weighted by Gasteiger charge is -2.28. The predicted octanol–water partition coefficient (Wildman–Crippen LogP) is 2.26. The van der Waals surface area contributed by atoms with E-state index >= 15 is 0 Å². The van der Waals surface area contributed by atoms with Crippen LogP contribution in [-0.4, -0.2) is 55.3 Å². The van der Waals surface area contributed by atoms with Crippen LogP contribution in [0.5, 0.6) is 0 Å². The number of aromatic nitrogens is 2. The van der Waals surface area contributed by atoms with Crippen molar-refractivity contribution in [2.24, 2.45) is 0 Å². The highest BCUT2D eigenvalue weighted by Crippen LogP contribution is 2.18. The van der Waals surface area contributed by atoms with Crippen LogP contribution in [0.3, 0.4) is 0 Å². The molecule has 1 amide bonds. The number of nitrogens with zero attached hydrogens (tertiary/aromatic N) is 3. The van der Waals surface area contributed by atoms with Crippen molar-refractivity contribution in [3.63, 3.8) is 0 Å². The first-order chi connectivity index (χ1) is 13.0. The second-order valence-electron chi connectivity index (χ2n) is 6.06. The minimum Gasteiger partial charge on any atom is -0.378 e. The lowest BCUT2D eigenvalue weighted by molar-refractivity contribution is 0.0955. The average molecular weight is 394 g/mol. The fourth-order valence-electron chi connectivity index (χ4n) is 2.73. The summed E-state index contributed by atoms with van der Waals surface area (Å²) >= 11 is 5.89. The third-order valence-corrected chi connectivity index (χ3v) is 4.36. The maximum Gasteiger partial charge on any atom is 0.252 e. The summed E-state index contributed by atoms with van der Waals surface area (Å²) in [4.78, 5) is 23.1. The predicted molar refractivity (Wildman–Crippen MR) is 102 cm³/mol. The third kappa shape index (κ3) is 5.27. The molecule has 3 rings (SSSR count). The number of rotatable bonds is 6. The molecular weight excluding hydrogens is 373 g/mol. The van der Waals surface area contributed by atoms with Gasteiger partial charge in [-0.05, 0) is 25.1 Å². The maximum absolute atomic E-state index is 13.1. The number of ether oxygens (including phenoxy) is 1. The second-order valence-corrected chi connectivity index (χ2v) is 6.47. The van der Waals surface area contributed by atoms with E-state index in [2.05, 4.69) is 25.5 Å². The highest BCUT2D eigenvalue weighted by Gasteiger charge is 2.14. The van der Waals surface area contributed by atoms with Crippen molar-refractivity contribution in [2.45, 2.75) is 6.92 Å². The van der Waals surface area contributed by atoms with Crippen LogP contribution in [0.4, 0.5) is 16.0 Å². The average Bonchev–Trinajstić information content (AvgIpc) is 2.65. The lowest BCUT2D eigenvalue weighted by Crippen LogP contribution is -2.37. The normalized spacial score (nSPS) is 14.1. The van der Waals surface area contributed by atoms with E-state index in [1.807, 2.05) is 13.0 Å². The van der Waals surface area contributed by atoms with Gasteiger partial charge in [0.25, 0.3) is 5.91 Å². The van der Waals surface area contributed by atoms with E-state index in [9.17, 15) is 9.18 Å². The molecule has 144 valence electrons. The van der Waals surface area contributed by atoms with E-state index < -0.39 is 5.82 Å². The number of morpholine rings is 1. The van der Waals surface area contributed by atoms with Crippen LogP contribution in [0, 0.1) is 12.7 Å². The van der Waals surface area contributed by atoms with Gasteiger partial charge in [-0.1, -0.05) is 11.6 Å². The van der Waals surface area contributed by atoms with E-state index in [1.54, 1.807) is 0 Å². The third-order valence-electron chi connectivity index (χ3n) is 4.05. The molecule has 1 aliphatic rings. The number of amides is 1. The SMILES string of the molecule is Cc1nc(NCCNC(=O)c2ccc(F)cc2Cl)cc(N2CCOCC2)n1. The number of aryl methyl sites for hydroxylation is 1. The van der Waals surface area contributed by atoms with E-state index in [0.717, 1.165) is 25.0 Å². The van der Waals surface area contributed by atoms with Crippen LogP contribution in [0.15, 0.2) is 24.3 Å². The van der Waals surface area contributed by atoms with Gasteiger partial charge in [0.2, 0.25) is 0 Å². The van der Waals surface area contributed by atoms with Gasteiger partial charge in [-0.3, -0.25) is 4.79 Å². The quantitative estimate of drug-likeness (QED) is 0.733. The van der Waals surface area contributed by atoms with Crippen molar-refractivity contribution >= 4 is 29.1 Å². The molecule has 0 unspecified atom stereocenters. The zero-order valence-corrected chi connectivity index (χ0v) is 15.7. The second kappa shape index (κ2) is 8.96. The fraction of sp³-hybridized carbons (Fsp3) is 0.389. The summed E-state index contributed by atoms with van der Waals surface area (Å²) in [6, 6.07) is 5.57. The molecule has 2 N–H and O–H groups in total. The number of anilines is 2. The van der Waals surface area contributed by atoms with E-state index in [1.165, 1.54) is 12.1 Å². The lowest BCUT2D eigenvalue weighted by atomic mass is 10.2. The summed E-state index contributed by atoms with van der Waals surface area (Å²) in [5.74, 6) is 1.39. The maximum atomic E-state index is 13.1. The zero-order chi connectivity index (χ0) is 19.2. The van der Waals surface area contributed by atoms with Crippen molar-refractivity contribution in [2.75, 3.05) is 49.6 Å². The number of benzene rings is 1. The molecule has 9 heteroatoms. The van der Waals surface area contributed by atoms with Gasteiger partial charge in [-0.2, -0.15) is 0 Å². The number of carbonyl (C=O) groups excluding carboxylic acids is 1. The van der Waals surface area contributed by atoms with Crippen molar-refractivity contribution in [1.82, 2.24) is 15.3 Å². The summed E-state index contributed by atoms with van der Waals surface area (Å²) in [5, 5.41) is 6.01. The Morgan fingerprint density at radius 2 is 2.04 bits per heavy atom. The molecule has 1 saturated heterocycles. The zero-order valence-electron chi connectivity index (χ0n) is 15.0. The molecule has 1 fully saturated rings. The van der Waals surface area contributed by atoms with Crippen molar-refractivity contribution < 1.29 is 13.9 Å². The fourth-order valence-corrected chi connectivity index (χ4v) is 2.99. The monoisotopic (exact) mass is 393 g/mol. The van der Waals surface area contributed by atoms with Crippen molar-refractivity contribution in [1.29, 1.82) is 0 Å². The number of nitrogens with one attached hydrogen (secondary N) is 2. The molecule has 2 heterocycles. The Kier molecular flexibility index (Phi) is 6.41. The standard InChI is InChI=1S/C18H21ClFN5O2/c1-12-23-16(11-17(24-12)25-6-8-27-9-7-25)21-4-5-22-18(26)14-3-2-13(20)10-15(14)19/h2-3,10-11H,4-9H2,1H3,(H,22,26)(H,21,23,24). The Labute approximate surface area is 161 Å². The van der Waals surface area contributed by atoms with Crippen LogP contribution in [0.2, 0.25) is 5.02 Å². The largest absolute Gasteiger partial charge is 0.378 e. The minimum absolute atomic E-state index is 0.0852. The Morgan fingerprint density at radius 3 is 2.78 bits per heavy atom. The Morgan fingerprint density at radius 1 is 1.26 bits per heavy atom. The Bertz CT molecular complexity index is 814. The first kappa shape index (κ1) is 19.3. The van der Waals surface area contributed by atoms with Gasteiger partial charge in [0, 0.05) is 32.2 Å². The molecule has 0 spiro atoms. The smallest absolute Gasteiger partial charge is 0.252 e. The Hall–Kier alpha value is -2.45. The molecule has 0 radical (unpaired) electrons. The molecule has 0 saturated carbocycles. The van der Waals surface area contributed by atoms with Gasteiger partial charge in [-0.15, -0.1) is 0 Å². The van der Waals surface area contributed by atoms with Crippen LogP contribution in [0.25, 0.3) is 0 Å². The number of hydrogen-bond donors (Lipinski definition) is 2. The topological polar surface area (TPSA) is 79.4 Å². The number of carbonyl (C=O) groups is 1. The highest BCUT2D eigenvalue weighted by molar-refractivity contribution is 6.33. The summed E-state index contributed by atoms with van der Waals surface area (Å²) in [6.07, 6.45) is 0. The molecule has 0 atom stereocenters. The first-order valence-electron chi connectivity index (χ1n) is 8.68. The summed E-state index contributed by atoms with van der Waals surface area (Å²) in [7, 11) is 0. The molecule has 0 bridgehead atoms. The molecule has 0 aliphatic carbocycles. The molecular formula is C18H21ClFN5O2. The van der Waals surface area contributed by atoms with E-state index in [0.29, 0.717) is 37.9 Å². The summed E-state index contributed by atoms with van der Waals surface area (Å²) in [5.41, 5.74) is 0.241. The van der Waals surface area contributed by atoms with Gasteiger partial charge >= 0.3 is 0 Å². The van der Waals surface area contributed by atoms with Crippen LogP contribution in [-0.2, 0) is 4.74 Å². The number of hydrogen-bond acceptors (Lipinski definition) is 6. The van der Waals surface area contributed by atoms with Crippen molar-refractivity contribution in [3.05, 3.63) is 46.5 Å². The van der Waals surface area contributed by atoms with Crippen molar-refractivity contribution in [3.8, 4) is 0 Å². The van der Waals surface area contributed by atoms with Gasteiger partial charge in [0.05, 0.1) is 23.8 Å². The van der Waals surface area contributed by atoms with Gasteiger partial charge in [-0.25, -0.2) is 14.4 Å². The van der Waals surface area contributed by atoms with Gasteiger partial charge in [0.15, 0.2) is 0 Å². The molecule has 1 aliphatic heterocycles. The molecule has 1 aromatic carbocycles. The first-order valence-corrected chi connectivity index (χ1v) is 9.06. The summed E-state index contributed by atoms with van der Waals surface area (Å²) in [6.45, 7) is 5.64. The molecule has 7 nitrogen and oxygen atoms in total. The van der Waals surface area contributed by atoms with Crippen LogP contribution in [0.1, 0.15) is 16.2 Å². The molecule has 2 aromatic rings. The Balaban J connectivity index is 1.52. The van der Waals surface area contributed by atoms with E-state index in [-0.39, 0.29) is 16.5 Å².